The second-order valence-electron chi connectivity index (χ2n) is 4.90. The van der Waals surface area contributed by atoms with Gasteiger partial charge in [0.25, 0.3) is 0 Å². The van der Waals surface area contributed by atoms with E-state index in [-0.39, 0.29) is 30.2 Å². The van der Waals surface area contributed by atoms with Gasteiger partial charge in [-0.25, -0.2) is 12.8 Å². The van der Waals surface area contributed by atoms with Gasteiger partial charge in [0.1, 0.15) is 5.82 Å². The molecule has 20 heavy (non-hydrogen) atoms. The number of hydrogen-bond acceptors (Lipinski definition) is 3. The summed E-state index contributed by atoms with van der Waals surface area (Å²) in [7, 11) is -3.44. The second kappa shape index (κ2) is 5.91. The quantitative estimate of drug-likeness (QED) is 0.838. The molecule has 0 spiro atoms. The average molecular weight is 299 g/mol. The van der Waals surface area contributed by atoms with Gasteiger partial charge in [0.05, 0.1) is 11.0 Å². The molecule has 0 aromatic heterocycles. The van der Waals surface area contributed by atoms with Crippen LogP contribution in [0, 0.1) is 5.82 Å². The van der Waals surface area contributed by atoms with Crippen LogP contribution in [0.1, 0.15) is 30.6 Å². The summed E-state index contributed by atoms with van der Waals surface area (Å²) in [6.07, 6.45) is 0.597. The fourth-order valence-electron chi connectivity index (χ4n) is 2.50. The Morgan fingerprint density at radius 1 is 1.35 bits per heavy atom. The van der Waals surface area contributed by atoms with Gasteiger partial charge in [0.15, 0.2) is 9.84 Å². The molecule has 1 aromatic rings. The van der Waals surface area contributed by atoms with E-state index in [0.29, 0.717) is 13.0 Å². The first-order valence-electron chi connectivity index (χ1n) is 6.69. The zero-order chi connectivity index (χ0) is 14.8. The van der Waals surface area contributed by atoms with Crippen molar-refractivity contribution < 1.29 is 17.6 Å². The van der Waals surface area contributed by atoms with E-state index in [2.05, 4.69) is 0 Å². The van der Waals surface area contributed by atoms with E-state index >= 15 is 0 Å². The molecule has 1 saturated heterocycles. The van der Waals surface area contributed by atoms with Crippen LogP contribution >= 0.6 is 0 Å². The Morgan fingerprint density at radius 2 is 2.05 bits per heavy atom. The molecule has 0 saturated carbocycles. The number of nitrogens with zero attached hydrogens (tertiary/aromatic N) is 1. The Hall–Kier alpha value is -1.43. The predicted octanol–water partition coefficient (Wildman–Crippen LogP) is 1.92. The smallest absolute Gasteiger partial charge is 0.222 e. The molecule has 6 heteroatoms. The summed E-state index contributed by atoms with van der Waals surface area (Å²) in [6.45, 7) is 2.29. The van der Waals surface area contributed by atoms with E-state index in [9.17, 15) is 17.6 Å². The zero-order valence-corrected chi connectivity index (χ0v) is 12.2. The monoisotopic (exact) mass is 299 g/mol. The molecule has 1 atom stereocenters. The molecule has 0 unspecified atom stereocenters. The van der Waals surface area contributed by atoms with Gasteiger partial charge < -0.3 is 4.90 Å². The van der Waals surface area contributed by atoms with E-state index < -0.39 is 20.9 Å². The Bertz CT molecular complexity index is 600. The second-order valence-corrected chi connectivity index (χ2v) is 7.20. The molecule has 0 aliphatic carbocycles. The maximum absolute atomic E-state index is 13.8. The van der Waals surface area contributed by atoms with Crippen LogP contribution in [0.4, 0.5) is 4.39 Å². The van der Waals surface area contributed by atoms with Crippen molar-refractivity contribution in [1.82, 2.24) is 4.90 Å². The molecule has 1 fully saturated rings. The van der Waals surface area contributed by atoms with Crippen molar-refractivity contribution in [3.63, 3.8) is 0 Å². The van der Waals surface area contributed by atoms with Crippen LogP contribution < -0.4 is 0 Å². The van der Waals surface area contributed by atoms with Crippen LogP contribution in [0.15, 0.2) is 24.3 Å². The number of carbonyl (C=O) groups is 1. The van der Waals surface area contributed by atoms with E-state index in [0.717, 1.165) is 0 Å². The van der Waals surface area contributed by atoms with E-state index in [4.69, 9.17) is 0 Å². The molecule has 0 bridgehead atoms. The first kappa shape index (κ1) is 15.0. The summed E-state index contributed by atoms with van der Waals surface area (Å²) >= 11 is 0. The minimum absolute atomic E-state index is 0.0608. The number of carbonyl (C=O) groups excluding carboxylic acids is 1. The molecule has 0 radical (unpaired) electrons. The number of hydrogen-bond donors (Lipinski definition) is 0. The van der Waals surface area contributed by atoms with Gasteiger partial charge in [-0.15, -0.1) is 0 Å². The minimum atomic E-state index is -3.44. The van der Waals surface area contributed by atoms with Crippen LogP contribution in [-0.4, -0.2) is 38.1 Å². The van der Waals surface area contributed by atoms with Crippen LogP contribution in [0.3, 0.4) is 0 Å². The molecule has 4 nitrogen and oxygen atoms in total. The number of sulfone groups is 1. The topological polar surface area (TPSA) is 54.5 Å². The average Bonchev–Trinajstić information content (AvgIpc) is 2.57. The standard InChI is InChI=1S/C14H18FNO3S/c1-2-14(17)16-8-7-13(20(18,19)10-9-16)11-5-3-4-6-12(11)15/h3-6,13H,2,7-10H2,1H3/t13-/m1/s1. The molecule has 1 aromatic carbocycles. The molecular weight excluding hydrogens is 281 g/mol. The third-order valence-electron chi connectivity index (χ3n) is 3.65. The van der Waals surface area contributed by atoms with Gasteiger partial charge in [-0.2, -0.15) is 0 Å². The Morgan fingerprint density at radius 3 is 2.70 bits per heavy atom. The summed E-state index contributed by atoms with van der Waals surface area (Å²) in [5, 5.41) is -0.863. The largest absolute Gasteiger partial charge is 0.342 e. The number of rotatable bonds is 2. The van der Waals surface area contributed by atoms with Crippen molar-refractivity contribution in [2.45, 2.75) is 25.0 Å². The highest BCUT2D eigenvalue weighted by molar-refractivity contribution is 7.91. The van der Waals surface area contributed by atoms with Crippen molar-refractivity contribution in [2.75, 3.05) is 18.8 Å². The zero-order valence-electron chi connectivity index (χ0n) is 11.4. The molecule has 1 heterocycles. The highest BCUT2D eigenvalue weighted by Gasteiger charge is 2.33. The van der Waals surface area contributed by atoms with Gasteiger partial charge in [-0.1, -0.05) is 25.1 Å². The lowest BCUT2D eigenvalue weighted by Gasteiger charge is -2.19. The van der Waals surface area contributed by atoms with Crippen molar-refractivity contribution in [2.24, 2.45) is 0 Å². The van der Waals surface area contributed by atoms with Gasteiger partial charge in [0, 0.05) is 25.1 Å². The molecule has 0 N–H and O–H groups in total. The molecule has 110 valence electrons. The third-order valence-corrected chi connectivity index (χ3v) is 5.76. The molecule has 2 rings (SSSR count). The molecule has 1 aliphatic rings. The number of benzene rings is 1. The van der Waals surface area contributed by atoms with Crippen molar-refractivity contribution in [3.8, 4) is 0 Å². The molecule has 1 amide bonds. The van der Waals surface area contributed by atoms with E-state index in [1.54, 1.807) is 17.9 Å². The predicted molar refractivity (Wildman–Crippen MR) is 74.4 cm³/mol. The van der Waals surface area contributed by atoms with Crippen LogP contribution in [0.2, 0.25) is 0 Å². The normalized spacial score (nSPS) is 22.3. The summed E-state index contributed by atoms with van der Waals surface area (Å²) in [4.78, 5) is 13.3. The van der Waals surface area contributed by atoms with Gasteiger partial charge in [-0.3, -0.25) is 4.79 Å². The summed E-state index contributed by atoms with van der Waals surface area (Å²) in [5.41, 5.74) is 0.207. The first-order valence-corrected chi connectivity index (χ1v) is 8.41. The van der Waals surface area contributed by atoms with E-state index in [1.165, 1.54) is 18.2 Å². The summed E-state index contributed by atoms with van der Waals surface area (Å²) in [6, 6.07) is 5.95. The molecular formula is C14H18FNO3S. The van der Waals surface area contributed by atoms with Gasteiger partial charge in [-0.05, 0) is 12.5 Å². The number of halogens is 1. The first-order chi connectivity index (χ1) is 9.45. The lowest BCUT2D eigenvalue weighted by atomic mass is 10.1. The third kappa shape index (κ3) is 3.00. The van der Waals surface area contributed by atoms with Crippen molar-refractivity contribution >= 4 is 15.7 Å². The lowest BCUT2D eigenvalue weighted by Crippen LogP contribution is -2.32. The van der Waals surface area contributed by atoms with Crippen molar-refractivity contribution in [1.29, 1.82) is 0 Å². The molecule has 1 aliphatic heterocycles. The Labute approximate surface area is 118 Å². The van der Waals surface area contributed by atoms with Crippen LogP contribution in [-0.2, 0) is 14.6 Å². The SMILES string of the molecule is CCC(=O)N1CC[C@H](c2ccccc2F)S(=O)(=O)CC1. The van der Waals surface area contributed by atoms with E-state index in [1.807, 2.05) is 0 Å². The Kier molecular flexibility index (Phi) is 4.42. The maximum atomic E-state index is 13.8. The fraction of sp³-hybridized carbons (Fsp3) is 0.500. The van der Waals surface area contributed by atoms with Gasteiger partial charge >= 0.3 is 0 Å². The number of amides is 1. The maximum Gasteiger partial charge on any atom is 0.222 e. The van der Waals surface area contributed by atoms with Crippen LogP contribution in [0.25, 0.3) is 0 Å². The summed E-state index contributed by atoms with van der Waals surface area (Å²) < 4.78 is 38.4. The highest BCUT2D eigenvalue weighted by atomic mass is 32.2. The highest BCUT2D eigenvalue weighted by Crippen LogP contribution is 2.31. The minimum Gasteiger partial charge on any atom is -0.342 e. The fourth-order valence-corrected chi connectivity index (χ4v) is 4.30. The lowest BCUT2D eigenvalue weighted by molar-refractivity contribution is -0.130. The van der Waals surface area contributed by atoms with Crippen LogP contribution in [0.5, 0.6) is 0 Å². The Balaban J connectivity index is 2.30. The summed E-state index contributed by atoms with van der Waals surface area (Å²) in [5.74, 6) is -0.677. The van der Waals surface area contributed by atoms with Crippen molar-refractivity contribution in [3.05, 3.63) is 35.6 Å². The van der Waals surface area contributed by atoms with Gasteiger partial charge in [0.2, 0.25) is 5.91 Å².